The molecule has 1 aromatic carbocycles. The Morgan fingerprint density at radius 3 is 2.45 bits per heavy atom. The fraction of sp³-hybridized carbons (Fsp3) is 0.684. The summed E-state index contributed by atoms with van der Waals surface area (Å²) in [6.07, 6.45) is 3.97. The van der Waals surface area contributed by atoms with Crippen molar-refractivity contribution in [3.05, 3.63) is 34.9 Å². The van der Waals surface area contributed by atoms with E-state index in [2.05, 4.69) is 57.7 Å². The van der Waals surface area contributed by atoms with Crippen LogP contribution in [-0.4, -0.2) is 17.5 Å². The Kier molecular flexibility index (Phi) is 3.25. The summed E-state index contributed by atoms with van der Waals surface area (Å²) in [5.41, 5.74) is 5.67. The minimum absolute atomic E-state index is 0.379. The summed E-state index contributed by atoms with van der Waals surface area (Å²) < 4.78 is 0. The lowest BCUT2D eigenvalue weighted by Crippen LogP contribution is -2.41. The zero-order chi connectivity index (χ0) is 14.5. The van der Waals surface area contributed by atoms with Crippen molar-refractivity contribution >= 4 is 0 Å². The number of benzene rings is 1. The zero-order valence-electron chi connectivity index (χ0n) is 13.8. The first-order valence-electron chi connectivity index (χ1n) is 8.15. The predicted molar refractivity (Wildman–Crippen MR) is 86.1 cm³/mol. The Hall–Kier alpha value is -0.820. The molecule has 0 atom stereocenters. The molecule has 3 rings (SSSR count). The SMILES string of the molecule is CC(C)N1Cc2ccc(CC(C)(C)C)cc2C2(CC2)C1. The zero-order valence-corrected chi connectivity index (χ0v) is 13.8. The first kappa shape index (κ1) is 14.1. The van der Waals surface area contributed by atoms with Gasteiger partial charge >= 0.3 is 0 Å². The van der Waals surface area contributed by atoms with E-state index in [0.29, 0.717) is 16.9 Å². The number of fused-ring (bicyclic) bond motifs is 2. The summed E-state index contributed by atoms with van der Waals surface area (Å²) in [4.78, 5) is 2.65. The Balaban J connectivity index is 1.92. The van der Waals surface area contributed by atoms with Crippen LogP contribution in [0.5, 0.6) is 0 Å². The minimum Gasteiger partial charge on any atom is -0.296 e. The molecule has 0 unspecified atom stereocenters. The number of nitrogens with zero attached hydrogens (tertiary/aromatic N) is 1. The molecule has 0 N–H and O–H groups in total. The second kappa shape index (κ2) is 4.59. The topological polar surface area (TPSA) is 3.24 Å². The summed E-state index contributed by atoms with van der Waals surface area (Å²) in [5.74, 6) is 0. The summed E-state index contributed by atoms with van der Waals surface area (Å²) in [6, 6.07) is 7.97. The summed E-state index contributed by atoms with van der Waals surface area (Å²) in [7, 11) is 0. The van der Waals surface area contributed by atoms with E-state index < -0.39 is 0 Å². The van der Waals surface area contributed by atoms with Crippen molar-refractivity contribution in [2.75, 3.05) is 6.54 Å². The van der Waals surface area contributed by atoms with Gasteiger partial charge in [0.05, 0.1) is 0 Å². The van der Waals surface area contributed by atoms with Crippen molar-refractivity contribution in [1.82, 2.24) is 4.90 Å². The van der Waals surface area contributed by atoms with Crippen molar-refractivity contribution in [2.45, 2.75) is 71.9 Å². The standard InChI is InChI=1S/C19H29N/c1-14(2)20-12-16-7-6-15(11-18(3,4)5)10-17(16)19(13-20)8-9-19/h6-7,10,14H,8-9,11-13H2,1-5H3. The molecule has 0 radical (unpaired) electrons. The van der Waals surface area contributed by atoms with Crippen molar-refractivity contribution in [1.29, 1.82) is 0 Å². The smallest absolute Gasteiger partial charge is 0.0239 e. The molecule has 2 aliphatic rings. The maximum Gasteiger partial charge on any atom is 0.0239 e. The van der Waals surface area contributed by atoms with Gasteiger partial charge in [0.2, 0.25) is 0 Å². The van der Waals surface area contributed by atoms with Gasteiger partial charge in [-0.2, -0.15) is 0 Å². The highest BCUT2D eigenvalue weighted by molar-refractivity contribution is 5.44. The van der Waals surface area contributed by atoms with Crippen molar-refractivity contribution in [3.8, 4) is 0 Å². The largest absolute Gasteiger partial charge is 0.296 e. The van der Waals surface area contributed by atoms with Gasteiger partial charge < -0.3 is 0 Å². The number of rotatable bonds is 2. The van der Waals surface area contributed by atoms with E-state index in [1.54, 1.807) is 11.1 Å². The molecule has 1 aliphatic carbocycles. The third-order valence-electron chi connectivity index (χ3n) is 4.94. The highest BCUT2D eigenvalue weighted by atomic mass is 15.2. The normalized spacial score (nSPS) is 21.3. The molecule has 0 amide bonds. The lowest BCUT2D eigenvalue weighted by molar-refractivity contribution is 0.176. The van der Waals surface area contributed by atoms with Gasteiger partial charge in [-0.1, -0.05) is 39.0 Å². The van der Waals surface area contributed by atoms with Crippen LogP contribution in [0.1, 0.15) is 64.2 Å². The average Bonchev–Trinajstić information content (AvgIpc) is 3.08. The second-order valence-electron chi connectivity index (χ2n) is 8.51. The molecule has 1 nitrogen and oxygen atoms in total. The lowest BCUT2D eigenvalue weighted by atomic mass is 9.82. The third kappa shape index (κ3) is 2.65. The van der Waals surface area contributed by atoms with E-state index in [4.69, 9.17) is 0 Å². The molecule has 110 valence electrons. The van der Waals surface area contributed by atoms with Crippen LogP contribution in [0.2, 0.25) is 0 Å². The van der Waals surface area contributed by atoms with Crippen LogP contribution in [0.3, 0.4) is 0 Å². The quantitative estimate of drug-likeness (QED) is 0.764. The van der Waals surface area contributed by atoms with Gasteiger partial charge in [-0.15, -0.1) is 0 Å². The van der Waals surface area contributed by atoms with E-state index in [9.17, 15) is 0 Å². The molecular weight excluding hydrogens is 242 g/mol. The van der Waals surface area contributed by atoms with Crippen molar-refractivity contribution in [2.24, 2.45) is 5.41 Å². The summed E-state index contributed by atoms with van der Waals surface area (Å²) in [6.45, 7) is 14.1. The molecule has 1 spiro atoms. The number of hydrogen-bond donors (Lipinski definition) is 0. The summed E-state index contributed by atoms with van der Waals surface area (Å²) >= 11 is 0. The molecule has 1 fully saturated rings. The second-order valence-corrected chi connectivity index (χ2v) is 8.51. The average molecular weight is 271 g/mol. The van der Waals surface area contributed by atoms with Crippen LogP contribution in [0.4, 0.5) is 0 Å². The molecule has 0 bridgehead atoms. The van der Waals surface area contributed by atoms with Crippen molar-refractivity contribution < 1.29 is 0 Å². The lowest BCUT2D eigenvalue weighted by Gasteiger charge is -2.38. The van der Waals surface area contributed by atoms with E-state index in [0.717, 1.165) is 6.54 Å². The first-order valence-corrected chi connectivity index (χ1v) is 8.15. The Morgan fingerprint density at radius 2 is 1.90 bits per heavy atom. The fourth-order valence-corrected chi connectivity index (χ4v) is 3.67. The van der Waals surface area contributed by atoms with Crippen LogP contribution < -0.4 is 0 Å². The molecule has 0 saturated heterocycles. The van der Waals surface area contributed by atoms with Crippen molar-refractivity contribution in [3.63, 3.8) is 0 Å². The van der Waals surface area contributed by atoms with Gasteiger partial charge in [-0.3, -0.25) is 4.90 Å². The molecule has 20 heavy (non-hydrogen) atoms. The van der Waals surface area contributed by atoms with Crippen LogP contribution in [0.25, 0.3) is 0 Å². The maximum absolute atomic E-state index is 2.65. The minimum atomic E-state index is 0.379. The van der Waals surface area contributed by atoms with Gasteiger partial charge in [0.25, 0.3) is 0 Å². The van der Waals surface area contributed by atoms with E-state index >= 15 is 0 Å². The monoisotopic (exact) mass is 271 g/mol. The molecular formula is C19H29N. The first-order chi connectivity index (χ1) is 9.29. The van der Waals surface area contributed by atoms with Gasteiger partial charge in [-0.05, 0) is 55.2 Å². The summed E-state index contributed by atoms with van der Waals surface area (Å²) in [5, 5.41) is 0. The molecule has 1 saturated carbocycles. The van der Waals surface area contributed by atoms with Crippen LogP contribution in [-0.2, 0) is 18.4 Å². The van der Waals surface area contributed by atoms with Gasteiger partial charge in [0, 0.05) is 24.5 Å². The molecule has 1 aromatic rings. The van der Waals surface area contributed by atoms with E-state index in [-0.39, 0.29) is 0 Å². The molecule has 0 aromatic heterocycles. The van der Waals surface area contributed by atoms with Gasteiger partial charge in [0.15, 0.2) is 0 Å². The molecule has 1 heterocycles. The maximum atomic E-state index is 2.65. The Morgan fingerprint density at radius 1 is 1.20 bits per heavy atom. The molecule has 1 aliphatic heterocycles. The highest BCUT2D eigenvalue weighted by Crippen LogP contribution is 2.53. The Labute approximate surface area is 124 Å². The Bertz CT molecular complexity index is 503. The van der Waals surface area contributed by atoms with Crippen LogP contribution >= 0.6 is 0 Å². The predicted octanol–water partition coefficient (Wildman–Crippen LogP) is 4.53. The van der Waals surface area contributed by atoms with Gasteiger partial charge in [-0.25, -0.2) is 0 Å². The van der Waals surface area contributed by atoms with Crippen LogP contribution in [0, 0.1) is 5.41 Å². The fourth-order valence-electron chi connectivity index (χ4n) is 3.67. The number of hydrogen-bond acceptors (Lipinski definition) is 1. The van der Waals surface area contributed by atoms with E-state index in [1.807, 2.05) is 0 Å². The van der Waals surface area contributed by atoms with Gasteiger partial charge in [0.1, 0.15) is 0 Å². The third-order valence-corrected chi connectivity index (χ3v) is 4.94. The van der Waals surface area contributed by atoms with Crippen LogP contribution in [0.15, 0.2) is 18.2 Å². The molecule has 1 heteroatoms. The van der Waals surface area contributed by atoms with E-state index in [1.165, 1.54) is 31.4 Å². The highest BCUT2D eigenvalue weighted by Gasteiger charge is 2.49.